The second-order valence-corrected chi connectivity index (χ2v) is 3.70. The summed E-state index contributed by atoms with van der Waals surface area (Å²) in [7, 11) is 0. The summed E-state index contributed by atoms with van der Waals surface area (Å²) in [6.07, 6.45) is -1.31. The molecule has 0 aromatic heterocycles. The van der Waals surface area contributed by atoms with Crippen LogP contribution < -0.4 is 0 Å². The fourth-order valence-electron chi connectivity index (χ4n) is 1.68. The third kappa shape index (κ3) is 2.52. The molecule has 17 heavy (non-hydrogen) atoms. The van der Waals surface area contributed by atoms with Crippen LogP contribution in [0.1, 0.15) is 11.7 Å². The molecule has 1 aromatic rings. The normalized spacial score (nSPS) is 19.2. The predicted octanol–water partition coefficient (Wildman–Crippen LogP) is 1.40. The van der Waals surface area contributed by atoms with Crippen molar-refractivity contribution in [1.29, 1.82) is 0 Å². The fourth-order valence-corrected chi connectivity index (χ4v) is 1.68. The van der Waals surface area contributed by atoms with Crippen molar-refractivity contribution in [3.8, 4) is 0 Å². The van der Waals surface area contributed by atoms with E-state index in [2.05, 4.69) is 0 Å². The third-order valence-corrected chi connectivity index (χ3v) is 2.43. The first-order valence-electron chi connectivity index (χ1n) is 4.99. The van der Waals surface area contributed by atoms with E-state index in [1.165, 1.54) is 18.2 Å². The number of ether oxygens (including phenoxy) is 1. The molecule has 0 bridgehead atoms. The van der Waals surface area contributed by atoms with Crippen LogP contribution in [0.15, 0.2) is 24.3 Å². The number of halogens is 1. The lowest BCUT2D eigenvalue weighted by Crippen LogP contribution is -2.30. The maximum Gasteiger partial charge on any atom is 0.411 e. The van der Waals surface area contributed by atoms with E-state index in [4.69, 9.17) is 9.84 Å². The van der Waals surface area contributed by atoms with Gasteiger partial charge in [-0.15, -0.1) is 0 Å². The van der Waals surface area contributed by atoms with E-state index in [0.29, 0.717) is 5.56 Å². The zero-order valence-corrected chi connectivity index (χ0v) is 8.80. The maximum absolute atomic E-state index is 13.0. The Morgan fingerprint density at radius 1 is 1.59 bits per heavy atom. The molecule has 1 amide bonds. The van der Waals surface area contributed by atoms with Crippen LogP contribution in [0, 0.1) is 5.82 Å². The van der Waals surface area contributed by atoms with Crippen LogP contribution in [-0.4, -0.2) is 35.2 Å². The molecule has 1 aromatic carbocycles. The van der Waals surface area contributed by atoms with Gasteiger partial charge in [0.1, 0.15) is 18.5 Å². The number of cyclic esters (lactones) is 1. The lowest BCUT2D eigenvalue weighted by atomic mass is 10.1. The van der Waals surface area contributed by atoms with Crippen LogP contribution in [0.2, 0.25) is 0 Å². The average molecular weight is 239 g/mol. The van der Waals surface area contributed by atoms with E-state index < -0.39 is 30.5 Å². The van der Waals surface area contributed by atoms with Crippen molar-refractivity contribution >= 4 is 12.1 Å². The lowest BCUT2D eigenvalue weighted by molar-refractivity contribution is -0.137. The molecule has 1 heterocycles. The van der Waals surface area contributed by atoms with Gasteiger partial charge in [0.15, 0.2) is 0 Å². The number of carboxylic acid groups (broad SMARTS) is 1. The summed E-state index contributed by atoms with van der Waals surface area (Å²) in [6, 6.07) is 5.70. The van der Waals surface area contributed by atoms with E-state index in [-0.39, 0.29) is 6.54 Å². The van der Waals surface area contributed by atoms with Crippen LogP contribution in [0.5, 0.6) is 0 Å². The number of rotatable bonds is 3. The van der Waals surface area contributed by atoms with Crippen LogP contribution in [0.25, 0.3) is 0 Å². The highest BCUT2D eigenvalue weighted by Gasteiger charge is 2.33. The van der Waals surface area contributed by atoms with Crippen LogP contribution in [0.3, 0.4) is 0 Å². The Bertz CT molecular complexity index is 463. The molecule has 6 heteroatoms. The molecule has 0 spiro atoms. The minimum atomic E-state index is -1.11. The smallest absolute Gasteiger partial charge is 0.411 e. The van der Waals surface area contributed by atoms with Crippen LogP contribution in [0.4, 0.5) is 9.18 Å². The average Bonchev–Trinajstić information content (AvgIpc) is 2.59. The Balaban J connectivity index is 2.11. The van der Waals surface area contributed by atoms with Crippen molar-refractivity contribution in [1.82, 2.24) is 4.90 Å². The van der Waals surface area contributed by atoms with Crippen molar-refractivity contribution in [2.24, 2.45) is 0 Å². The van der Waals surface area contributed by atoms with Gasteiger partial charge in [0.2, 0.25) is 0 Å². The number of hydrogen-bond donors (Lipinski definition) is 1. The van der Waals surface area contributed by atoms with Crippen molar-refractivity contribution in [3.05, 3.63) is 35.6 Å². The van der Waals surface area contributed by atoms with Crippen molar-refractivity contribution in [2.45, 2.75) is 6.10 Å². The van der Waals surface area contributed by atoms with Gasteiger partial charge in [-0.1, -0.05) is 12.1 Å². The van der Waals surface area contributed by atoms with Crippen LogP contribution >= 0.6 is 0 Å². The molecule has 1 aliphatic heterocycles. The molecule has 5 nitrogen and oxygen atoms in total. The van der Waals surface area contributed by atoms with Gasteiger partial charge in [-0.3, -0.25) is 9.69 Å². The molecule has 1 saturated heterocycles. The van der Waals surface area contributed by atoms with Crippen molar-refractivity contribution in [3.63, 3.8) is 0 Å². The highest BCUT2D eigenvalue weighted by molar-refractivity contribution is 5.78. The molecule has 1 unspecified atom stereocenters. The second-order valence-electron chi connectivity index (χ2n) is 3.70. The highest BCUT2D eigenvalue weighted by atomic mass is 19.1. The highest BCUT2D eigenvalue weighted by Crippen LogP contribution is 2.26. The van der Waals surface area contributed by atoms with Crippen LogP contribution in [-0.2, 0) is 9.53 Å². The molecule has 1 fully saturated rings. The zero-order valence-electron chi connectivity index (χ0n) is 8.80. The van der Waals surface area contributed by atoms with Gasteiger partial charge < -0.3 is 9.84 Å². The third-order valence-electron chi connectivity index (χ3n) is 2.43. The van der Waals surface area contributed by atoms with Crippen molar-refractivity contribution < 1.29 is 23.8 Å². The summed E-state index contributed by atoms with van der Waals surface area (Å²) in [5, 5.41) is 8.58. The molecule has 1 atom stereocenters. The fraction of sp³-hybridized carbons (Fsp3) is 0.273. The molecule has 1 N–H and O–H groups in total. The number of hydrogen-bond acceptors (Lipinski definition) is 3. The first kappa shape index (κ1) is 11.4. The summed E-state index contributed by atoms with van der Waals surface area (Å²) in [6.45, 7) is -0.292. The van der Waals surface area contributed by atoms with E-state index in [0.717, 1.165) is 4.90 Å². The summed E-state index contributed by atoms with van der Waals surface area (Å²) >= 11 is 0. The number of nitrogens with zero attached hydrogens (tertiary/aromatic N) is 1. The zero-order chi connectivity index (χ0) is 12.4. The van der Waals surface area contributed by atoms with E-state index >= 15 is 0 Å². The van der Waals surface area contributed by atoms with Gasteiger partial charge in [0, 0.05) is 0 Å². The topological polar surface area (TPSA) is 66.8 Å². The van der Waals surface area contributed by atoms with Gasteiger partial charge >= 0.3 is 12.1 Å². The van der Waals surface area contributed by atoms with Gasteiger partial charge in [0.25, 0.3) is 0 Å². The monoisotopic (exact) mass is 239 g/mol. The molecule has 0 aliphatic carbocycles. The Kier molecular flexibility index (Phi) is 2.95. The van der Waals surface area contributed by atoms with E-state index in [9.17, 15) is 14.0 Å². The maximum atomic E-state index is 13.0. The lowest BCUT2D eigenvalue weighted by Gasteiger charge is -2.09. The number of aliphatic carboxylic acids is 1. The van der Waals surface area contributed by atoms with E-state index in [1.807, 2.05) is 0 Å². The Morgan fingerprint density at radius 2 is 2.35 bits per heavy atom. The molecule has 1 aliphatic rings. The molecule has 90 valence electrons. The van der Waals surface area contributed by atoms with Gasteiger partial charge in [-0.05, 0) is 17.7 Å². The quantitative estimate of drug-likeness (QED) is 0.865. The molecular weight excluding hydrogens is 229 g/mol. The largest absolute Gasteiger partial charge is 0.480 e. The van der Waals surface area contributed by atoms with E-state index in [1.54, 1.807) is 6.07 Å². The molecular formula is C11H10FNO4. The Labute approximate surface area is 96.4 Å². The number of carbonyl (C=O) groups is 2. The summed E-state index contributed by atoms with van der Waals surface area (Å²) in [5.41, 5.74) is 0.520. The predicted molar refractivity (Wildman–Crippen MR) is 54.8 cm³/mol. The minimum Gasteiger partial charge on any atom is -0.480 e. The Hall–Kier alpha value is -2.11. The standard InChI is InChI=1S/C11H10FNO4/c12-8-3-1-2-7(4-8)9-5-13(6-10(14)15)11(16)17-9/h1-4,9H,5-6H2,(H,14,15). The van der Waals surface area contributed by atoms with Gasteiger partial charge in [0.05, 0.1) is 6.54 Å². The first-order chi connectivity index (χ1) is 8.06. The Morgan fingerprint density at radius 3 is 3.00 bits per heavy atom. The number of benzene rings is 1. The second kappa shape index (κ2) is 4.40. The number of carbonyl (C=O) groups excluding carboxylic acids is 1. The van der Waals surface area contributed by atoms with Gasteiger partial charge in [-0.2, -0.15) is 0 Å². The SMILES string of the molecule is O=C(O)CN1CC(c2cccc(F)c2)OC1=O. The number of carboxylic acids is 1. The first-order valence-corrected chi connectivity index (χ1v) is 4.99. The summed E-state index contributed by atoms with van der Waals surface area (Å²) in [4.78, 5) is 22.9. The van der Waals surface area contributed by atoms with Gasteiger partial charge in [-0.25, -0.2) is 9.18 Å². The minimum absolute atomic E-state index is 0.120. The van der Waals surface area contributed by atoms with Crippen molar-refractivity contribution in [2.75, 3.05) is 13.1 Å². The molecule has 2 rings (SSSR count). The number of amides is 1. The summed E-state index contributed by atoms with van der Waals surface area (Å²) in [5.74, 6) is -1.53. The molecule has 0 radical (unpaired) electrons. The molecule has 0 saturated carbocycles. The summed E-state index contributed by atoms with van der Waals surface area (Å²) < 4.78 is 17.9.